The predicted octanol–water partition coefficient (Wildman–Crippen LogP) is 1.21. The second kappa shape index (κ2) is 3.00. The Balaban J connectivity index is 1.64. The predicted molar refractivity (Wildman–Crippen MR) is 51.0 cm³/mol. The van der Waals surface area contributed by atoms with Gasteiger partial charge in [0.25, 0.3) is 0 Å². The highest BCUT2D eigenvalue weighted by atomic mass is 15.2. The van der Waals surface area contributed by atoms with Crippen LogP contribution in [-0.4, -0.2) is 30.6 Å². The molecule has 0 aromatic rings. The van der Waals surface area contributed by atoms with Gasteiger partial charge in [-0.2, -0.15) is 0 Å². The zero-order valence-corrected chi connectivity index (χ0v) is 8.05. The van der Waals surface area contributed by atoms with Gasteiger partial charge < -0.3 is 10.6 Å². The maximum Gasteiger partial charge on any atom is 0.00516 e. The van der Waals surface area contributed by atoms with Crippen molar-refractivity contribution < 1.29 is 0 Å². The van der Waals surface area contributed by atoms with Gasteiger partial charge in [-0.3, -0.25) is 0 Å². The largest absolute Gasteiger partial charge is 0.328 e. The molecule has 1 heterocycles. The second-order valence-electron chi connectivity index (χ2n) is 4.73. The van der Waals surface area contributed by atoms with E-state index in [-0.39, 0.29) is 0 Å². The average molecular weight is 168 g/mol. The molecule has 1 aliphatic carbocycles. The molecule has 2 rings (SSSR count). The Hall–Kier alpha value is -0.0800. The van der Waals surface area contributed by atoms with Crippen molar-refractivity contribution in [1.82, 2.24) is 4.90 Å². The van der Waals surface area contributed by atoms with Crippen molar-refractivity contribution in [1.29, 1.82) is 0 Å². The molecule has 0 radical (unpaired) electrons. The van der Waals surface area contributed by atoms with Crippen LogP contribution in [0.3, 0.4) is 0 Å². The second-order valence-corrected chi connectivity index (χ2v) is 4.73. The number of rotatable bonds is 3. The molecule has 0 atom stereocenters. The summed E-state index contributed by atoms with van der Waals surface area (Å²) in [7, 11) is 0. The summed E-state index contributed by atoms with van der Waals surface area (Å²) in [6, 6.07) is 0.526. The van der Waals surface area contributed by atoms with Crippen molar-refractivity contribution in [3.05, 3.63) is 0 Å². The molecule has 2 N–H and O–H groups in total. The Kier molecular flexibility index (Phi) is 2.13. The normalized spacial score (nSPS) is 28.5. The van der Waals surface area contributed by atoms with Gasteiger partial charge >= 0.3 is 0 Å². The van der Waals surface area contributed by atoms with Gasteiger partial charge in [-0.05, 0) is 31.2 Å². The van der Waals surface area contributed by atoms with Gasteiger partial charge in [0.05, 0.1) is 0 Å². The lowest BCUT2D eigenvalue weighted by molar-refractivity contribution is -0.0708. The van der Waals surface area contributed by atoms with Gasteiger partial charge in [0, 0.05) is 19.1 Å². The summed E-state index contributed by atoms with van der Waals surface area (Å²) in [6.45, 7) is 6.24. The Morgan fingerprint density at radius 1 is 1.42 bits per heavy atom. The molecule has 0 bridgehead atoms. The minimum atomic E-state index is 0.526. The molecule has 0 amide bonds. The third kappa shape index (κ3) is 1.38. The zero-order valence-electron chi connectivity index (χ0n) is 8.05. The molecule has 2 aliphatic rings. The van der Waals surface area contributed by atoms with E-state index in [4.69, 9.17) is 5.73 Å². The first kappa shape index (κ1) is 8.52. The topological polar surface area (TPSA) is 29.3 Å². The number of likely N-dealkylation sites (tertiary alicyclic amines) is 1. The van der Waals surface area contributed by atoms with Crippen LogP contribution in [0.1, 0.15) is 32.6 Å². The van der Waals surface area contributed by atoms with E-state index < -0.39 is 0 Å². The maximum atomic E-state index is 5.79. The molecule has 2 heteroatoms. The van der Waals surface area contributed by atoms with E-state index in [1.54, 1.807) is 0 Å². The summed E-state index contributed by atoms with van der Waals surface area (Å²) in [6.07, 6.45) is 5.26. The lowest BCUT2D eigenvalue weighted by Crippen LogP contribution is -2.65. The lowest BCUT2D eigenvalue weighted by atomic mass is 9.61. The van der Waals surface area contributed by atoms with Crippen molar-refractivity contribution in [2.24, 2.45) is 11.1 Å². The molecule has 70 valence electrons. The van der Waals surface area contributed by atoms with Gasteiger partial charge in [-0.15, -0.1) is 0 Å². The SMILES string of the molecule is CCCCN1CC2(CC(N)C2)C1. The van der Waals surface area contributed by atoms with E-state index in [1.807, 2.05) is 0 Å². The number of nitrogens with zero attached hydrogens (tertiary/aromatic N) is 1. The summed E-state index contributed by atoms with van der Waals surface area (Å²) in [4.78, 5) is 2.58. The molecule has 1 spiro atoms. The molecular weight excluding hydrogens is 148 g/mol. The summed E-state index contributed by atoms with van der Waals surface area (Å²) in [5, 5.41) is 0. The first-order valence-electron chi connectivity index (χ1n) is 5.22. The van der Waals surface area contributed by atoms with Gasteiger partial charge in [-0.1, -0.05) is 13.3 Å². The van der Waals surface area contributed by atoms with Crippen molar-refractivity contribution in [3.8, 4) is 0 Å². The van der Waals surface area contributed by atoms with Crippen LogP contribution >= 0.6 is 0 Å². The fraction of sp³-hybridized carbons (Fsp3) is 1.00. The van der Waals surface area contributed by atoms with E-state index in [0.717, 1.165) is 0 Å². The zero-order chi connectivity index (χ0) is 8.60. The Morgan fingerprint density at radius 3 is 2.58 bits per heavy atom. The third-order valence-corrected chi connectivity index (χ3v) is 3.34. The molecule has 2 fully saturated rings. The number of hydrogen-bond donors (Lipinski definition) is 1. The van der Waals surface area contributed by atoms with Crippen molar-refractivity contribution in [2.45, 2.75) is 38.6 Å². The molecule has 0 aromatic carbocycles. The summed E-state index contributed by atoms with van der Waals surface area (Å²) in [5.41, 5.74) is 6.48. The highest BCUT2D eigenvalue weighted by Crippen LogP contribution is 2.47. The Labute approximate surface area is 75.1 Å². The Morgan fingerprint density at radius 2 is 2.08 bits per heavy atom. The van der Waals surface area contributed by atoms with E-state index in [2.05, 4.69) is 11.8 Å². The molecule has 1 saturated heterocycles. The smallest absolute Gasteiger partial charge is 0.00516 e. The van der Waals surface area contributed by atoms with E-state index in [1.165, 1.54) is 45.3 Å². The molecule has 1 saturated carbocycles. The molecule has 12 heavy (non-hydrogen) atoms. The van der Waals surface area contributed by atoms with Crippen LogP contribution in [0.4, 0.5) is 0 Å². The fourth-order valence-corrected chi connectivity index (χ4v) is 2.75. The first-order chi connectivity index (χ1) is 5.74. The van der Waals surface area contributed by atoms with Gasteiger partial charge in [0.2, 0.25) is 0 Å². The summed E-state index contributed by atoms with van der Waals surface area (Å²) >= 11 is 0. The number of unbranched alkanes of at least 4 members (excludes halogenated alkanes) is 1. The lowest BCUT2D eigenvalue weighted by Gasteiger charge is -2.58. The monoisotopic (exact) mass is 168 g/mol. The minimum Gasteiger partial charge on any atom is -0.328 e. The highest BCUT2D eigenvalue weighted by molar-refractivity contribution is 5.05. The molecule has 2 nitrogen and oxygen atoms in total. The third-order valence-electron chi connectivity index (χ3n) is 3.34. The maximum absolute atomic E-state index is 5.79. The van der Waals surface area contributed by atoms with Crippen molar-refractivity contribution >= 4 is 0 Å². The van der Waals surface area contributed by atoms with Crippen LogP contribution in [0.2, 0.25) is 0 Å². The standard InChI is InChI=1S/C10H20N2/c1-2-3-4-12-7-10(8-12)5-9(11)6-10/h9H,2-8,11H2,1H3. The number of nitrogens with two attached hydrogens (primary N) is 1. The highest BCUT2D eigenvalue weighted by Gasteiger charge is 2.50. The van der Waals surface area contributed by atoms with Crippen LogP contribution in [0.25, 0.3) is 0 Å². The van der Waals surface area contributed by atoms with E-state index >= 15 is 0 Å². The molecule has 1 aliphatic heterocycles. The van der Waals surface area contributed by atoms with Crippen molar-refractivity contribution in [2.75, 3.05) is 19.6 Å². The van der Waals surface area contributed by atoms with E-state index in [9.17, 15) is 0 Å². The molecule has 0 aromatic heterocycles. The van der Waals surface area contributed by atoms with Gasteiger partial charge in [0.15, 0.2) is 0 Å². The van der Waals surface area contributed by atoms with Crippen molar-refractivity contribution in [3.63, 3.8) is 0 Å². The van der Waals surface area contributed by atoms with Crippen LogP contribution in [0.5, 0.6) is 0 Å². The number of hydrogen-bond acceptors (Lipinski definition) is 2. The minimum absolute atomic E-state index is 0.526. The van der Waals surface area contributed by atoms with Crippen LogP contribution in [0, 0.1) is 5.41 Å². The van der Waals surface area contributed by atoms with Crippen LogP contribution in [0.15, 0.2) is 0 Å². The van der Waals surface area contributed by atoms with Gasteiger partial charge in [-0.25, -0.2) is 0 Å². The van der Waals surface area contributed by atoms with Crippen LogP contribution in [-0.2, 0) is 0 Å². The summed E-state index contributed by atoms with van der Waals surface area (Å²) in [5.74, 6) is 0. The molecule has 0 unspecified atom stereocenters. The van der Waals surface area contributed by atoms with E-state index in [0.29, 0.717) is 11.5 Å². The Bertz CT molecular complexity index is 153. The first-order valence-corrected chi connectivity index (χ1v) is 5.22. The fourth-order valence-electron chi connectivity index (χ4n) is 2.75. The quantitative estimate of drug-likeness (QED) is 0.686. The van der Waals surface area contributed by atoms with Crippen LogP contribution < -0.4 is 5.73 Å². The van der Waals surface area contributed by atoms with Gasteiger partial charge in [0.1, 0.15) is 0 Å². The summed E-state index contributed by atoms with van der Waals surface area (Å²) < 4.78 is 0. The average Bonchev–Trinajstić information content (AvgIpc) is 1.91. The molecular formula is C10H20N2.